The number of pyridine rings is 1. The van der Waals surface area contributed by atoms with Crippen molar-refractivity contribution in [3.8, 4) is 0 Å². The van der Waals surface area contributed by atoms with Crippen molar-refractivity contribution in [1.82, 2.24) is 14.8 Å². The van der Waals surface area contributed by atoms with Gasteiger partial charge < -0.3 is 14.1 Å². The van der Waals surface area contributed by atoms with E-state index in [-0.39, 0.29) is 11.4 Å². The first kappa shape index (κ1) is 18.2. The number of carbonyl (C=O) groups is 1. The number of amides is 1. The van der Waals surface area contributed by atoms with Gasteiger partial charge >= 0.3 is 0 Å². The van der Waals surface area contributed by atoms with Crippen LogP contribution in [0.3, 0.4) is 0 Å². The zero-order valence-corrected chi connectivity index (χ0v) is 16.1. The number of aryl methyl sites for hydroxylation is 1. The van der Waals surface area contributed by atoms with E-state index in [0.29, 0.717) is 23.8 Å². The van der Waals surface area contributed by atoms with Gasteiger partial charge in [0, 0.05) is 32.1 Å². The molecule has 0 saturated carbocycles. The lowest BCUT2D eigenvalue weighted by atomic mass is 9.75. The van der Waals surface area contributed by atoms with Gasteiger partial charge in [-0.25, -0.2) is 0 Å². The maximum atomic E-state index is 12.7. The van der Waals surface area contributed by atoms with Gasteiger partial charge in [-0.15, -0.1) is 0 Å². The number of hydrogen-bond donors (Lipinski definition) is 0. The SMILES string of the molecule is Cc1occc1C(=O)N1CC2(CC(COCc3cccnc3)CCN2C)C1. The third-order valence-electron chi connectivity index (χ3n) is 6.04. The van der Waals surface area contributed by atoms with E-state index in [1.54, 1.807) is 18.5 Å². The summed E-state index contributed by atoms with van der Waals surface area (Å²) in [6.45, 7) is 5.83. The molecule has 1 spiro atoms. The van der Waals surface area contributed by atoms with Crippen LogP contribution in [0.4, 0.5) is 0 Å². The minimum Gasteiger partial charge on any atom is -0.469 e. The Morgan fingerprint density at radius 2 is 2.26 bits per heavy atom. The summed E-state index contributed by atoms with van der Waals surface area (Å²) in [5.74, 6) is 1.31. The van der Waals surface area contributed by atoms with E-state index in [1.165, 1.54) is 0 Å². The van der Waals surface area contributed by atoms with Crippen LogP contribution < -0.4 is 0 Å². The van der Waals surface area contributed by atoms with Crippen molar-refractivity contribution in [2.24, 2.45) is 5.92 Å². The third kappa shape index (κ3) is 3.64. The van der Waals surface area contributed by atoms with Gasteiger partial charge in [-0.1, -0.05) is 6.07 Å². The first-order valence-electron chi connectivity index (χ1n) is 9.59. The van der Waals surface area contributed by atoms with Crippen molar-refractivity contribution in [3.63, 3.8) is 0 Å². The molecule has 0 aliphatic carbocycles. The highest BCUT2D eigenvalue weighted by atomic mass is 16.5. The van der Waals surface area contributed by atoms with Crippen molar-refractivity contribution >= 4 is 5.91 Å². The topological polar surface area (TPSA) is 58.8 Å². The number of furan rings is 1. The van der Waals surface area contributed by atoms with Crippen molar-refractivity contribution < 1.29 is 13.9 Å². The van der Waals surface area contributed by atoms with Crippen LogP contribution in [0, 0.1) is 12.8 Å². The van der Waals surface area contributed by atoms with Crippen LogP contribution in [0.5, 0.6) is 0 Å². The monoisotopic (exact) mass is 369 g/mol. The average molecular weight is 369 g/mol. The predicted molar refractivity (Wildman–Crippen MR) is 101 cm³/mol. The van der Waals surface area contributed by atoms with Crippen LogP contribution in [0.1, 0.15) is 34.5 Å². The molecule has 2 aromatic rings. The van der Waals surface area contributed by atoms with Crippen molar-refractivity contribution in [2.75, 3.05) is 33.3 Å². The molecule has 6 nitrogen and oxygen atoms in total. The van der Waals surface area contributed by atoms with E-state index in [4.69, 9.17) is 9.15 Å². The van der Waals surface area contributed by atoms with Crippen LogP contribution in [0.2, 0.25) is 0 Å². The van der Waals surface area contributed by atoms with Crippen LogP contribution in [-0.4, -0.2) is 59.5 Å². The molecule has 4 heterocycles. The number of carbonyl (C=O) groups excluding carboxylic acids is 1. The molecule has 2 fully saturated rings. The van der Waals surface area contributed by atoms with E-state index in [9.17, 15) is 4.79 Å². The first-order chi connectivity index (χ1) is 13.1. The third-order valence-corrected chi connectivity index (χ3v) is 6.04. The number of hydrogen-bond acceptors (Lipinski definition) is 5. The number of ether oxygens (including phenoxy) is 1. The average Bonchev–Trinajstić information content (AvgIpc) is 3.07. The van der Waals surface area contributed by atoms with Crippen molar-refractivity contribution in [1.29, 1.82) is 0 Å². The zero-order valence-electron chi connectivity index (χ0n) is 16.1. The van der Waals surface area contributed by atoms with E-state index in [1.807, 2.05) is 30.2 Å². The van der Waals surface area contributed by atoms with Gasteiger partial charge in [0.2, 0.25) is 0 Å². The number of likely N-dealkylation sites (tertiary alicyclic amines) is 2. The summed E-state index contributed by atoms with van der Waals surface area (Å²) in [4.78, 5) is 21.2. The Balaban J connectivity index is 1.31. The lowest BCUT2D eigenvalue weighted by Crippen LogP contribution is -2.72. The molecule has 2 aliphatic rings. The van der Waals surface area contributed by atoms with Gasteiger partial charge in [-0.05, 0) is 57.0 Å². The molecule has 0 radical (unpaired) electrons. The summed E-state index contributed by atoms with van der Waals surface area (Å²) >= 11 is 0. The molecule has 1 amide bonds. The van der Waals surface area contributed by atoms with Gasteiger partial charge in [-0.2, -0.15) is 0 Å². The minimum absolute atomic E-state index is 0.0789. The van der Waals surface area contributed by atoms with E-state index < -0.39 is 0 Å². The smallest absolute Gasteiger partial charge is 0.257 e. The Kier molecular flexibility index (Phi) is 5.02. The Morgan fingerprint density at radius 1 is 1.41 bits per heavy atom. The number of nitrogens with zero attached hydrogens (tertiary/aromatic N) is 3. The normalized spacial score (nSPS) is 22.0. The Morgan fingerprint density at radius 3 is 2.96 bits per heavy atom. The summed E-state index contributed by atoms with van der Waals surface area (Å²) in [7, 11) is 2.18. The van der Waals surface area contributed by atoms with Crippen LogP contribution in [0.25, 0.3) is 0 Å². The summed E-state index contributed by atoms with van der Waals surface area (Å²) in [5, 5.41) is 0. The van der Waals surface area contributed by atoms with Crippen molar-refractivity contribution in [2.45, 2.75) is 31.9 Å². The second kappa shape index (κ2) is 7.44. The van der Waals surface area contributed by atoms with Gasteiger partial charge in [0.25, 0.3) is 5.91 Å². The molecule has 1 atom stereocenters. The number of likely N-dealkylation sites (N-methyl/N-ethyl adjacent to an activating group) is 1. The quantitative estimate of drug-likeness (QED) is 0.811. The molecule has 144 valence electrons. The molecule has 1 unspecified atom stereocenters. The second-order valence-electron chi connectivity index (χ2n) is 7.93. The fourth-order valence-electron chi connectivity index (χ4n) is 4.33. The van der Waals surface area contributed by atoms with E-state index >= 15 is 0 Å². The van der Waals surface area contributed by atoms with Crippen LogP contribution in [0.15, 0.2) is 41.3 Å². The Hall–Kier alpha value is -2.18. The lowest BCUT2D eigenvalue weighted by Gasteiger charge is -2.58. The molecule has 4 rings (SSSR count). The zero-order chi connectivity index (χ0) is 18.9. The molecule has 0 bridgehead atoms. The van der Waals surface area contributed by atoms with Crippen LogP contribution >= 0.6 is 0 Å². The molecule has 6 heteroatoms. The van der Waals surface area contributed by atoms with Gasteiger partial charge in [0.1, 0.15) is 5.76 Å². The standard InChI is InChI=1S/C21H27N3O3/c1-16-19(6-9-27-16)20(25)24-14-21(15-24)10-17(5-8-23(21)2)12-26-13-18-4-3-7-22-11-18/h3-4,6-7,9,11,17H,5,8,10,12-15H2,1-2H3. The molecule has 2 aliphatic heterocycles. The molecule has 2 aromatic heterocycles. The Labute approximate surface area is 160 Å². The maximum absolute atomic E-state index is 12.7. The molecule has 27 heavy (non-hydrogen) atoms. The fourth-order valence-corrected chi connectivity index (χ4v) is 4.33. The number of aromatic nitrogens is 1. The molecule has 0 aromatic carbocycles. The van der Waals surface area contributed by atoms with E-state index in [2.05, 4.69) is 16.9 Å². The molecular formula is C21H27N3O3. The second-order valence-corrected chi connectivity index (χ2v) is 7.93. The number of rotatable bonds is 5. The van der Waals surface area contributed by atoms with E-state index in [0.717, 1.165) is 44.6 Å². The number of piperidine rings is 1. The van der Waals surface area contributed by atoms with Gasteiger partial charge in [0.05, 0.1) is 24.0 Å². The summed E-state index contributed by atoms with van der Waals surface area (Å²) in [6.07, 6.45) is 7.42. The summed E-state index contributed by atoms with van der Waals surface area (Å²) in [6, 6.07) is 5.74. The lowest BCUT2D eigenvalue weighted by molar-refractivity contribution is -0.0768. The fraction of sp³-hybridized carbons (Fsp3) is 0.524. The highest BCUT2D eigenvalue weighted by molar-refractivity contribution is 5.95. The summed E-state index contributed by atoms with van der Waals surface area (Å²) in [5.41, 5.74) is 1.88. The molecular weight excluding hydrogens is 342 g/mol. The Bertz CT molecular complexity index is 783. The molecule has 2 saturated heterocycles. The van der Waals surface area contributed by atoms with Crippen molar-refractivity contribution in [3.05, 3.63) is 53.7 Å². The summed E-state index contributed by atoms with van der Waals surface area (Å²) < 4.78 is 11.2. The predicted octanol–water partition coefficient (Wildman–Crippen LogP) is 2.74. The van der Waals surface area contributed by atoms with Gasteiger partial charge in [0.15, 0.2) is 0 Å². The highest BCUT2D eigenvalue weighted by Crippen LogP contribution is 2.39. The molecule has 0 N–H and O–H groups in total. The first-order valence-corrected chi connectivity index (χ1v) is 9.59. The minimum atomic E-state index is 0.0789. The van der Waals surface area contributed by atoms with Gasteiger partial charge in [-0.3, -0.25) is 14.7 Å². The van der Waals surface area contributed by atoms with Crippen LogP contribution in [-0.2, 0) is 11.3 Å². The largest absolute Gasteiger partial charge is 0.469 e. The maximum Gasteiger partial charge on any atom is 0.257 e. The highest BCUT2D eigenvalue weighted by Gasteiger charge is 2.51.